The van der Waals surface area contributed by atoms with Gasteiger partial charge in [0.05, 0.1) is 33.6 Å². The number of nitrogens with zero attached hydrogens (tertiary/aromatic N) is 2. The Morgan fingerprint density at radius 3 is 0.833 bits per heavy atom. The van der Waals surface area contributed by atoms with Gasteiger partial charge in [-0.3, -0.25) is 0 Å². The van der Waals surface area contributed by atoms with E-state index in [1.807, 2.05) is 0 Å². The smallest absolute Gasteiger partial charge is 0.132 e. The monoisotopic (exact) mass is 1020 g/mol. The third kappa shape index (κ3) is 9.23. The highest BCUT2D eigenvalue weighted by atomic mass is 16.5. The molecule has 4 nitrogen and oxygen atoms in total. The zero-order valence-corrected chi connectivity index (χ0v) is 46.8. The largest absolute Gasteiger partial charge is 0.457 e. The number of fused-ring (bicyclic) bond motifs is 16. The van der Waals surface area contributed by atoms with E-state index in [-0.39, 0.29) is 0 Å². The fourth-order valence-electron chi connectivity index (χ4n) is 11.7. The van der Waals surface area contributed by atoms with E-state index in [0.29, 0.717) is 10.8 Å². The molecule has 4 heterocycles. The van der Waals surface area contributed by atoms with Crippen LogP contribution in [0.3, 0.4) is 0 Å². The second kappa shape index (κ2) is 20.4. The van der Waals surface area contributed by atoms with E-state index < -0.39 is 10.8 Å². The van der Waals surface area contributed by atoms with Gasteiger partial charge in [0.25, 0.3) is 0 Å². The topological polar surface area (TPSA) is 24.9 Å². The van der Waals surface area contributed by atoms with Crippen LogP contribution in [0, 0.1) is 24.7 Å². The minimum atomic E-state index is -0.487. The van der Waals surface area contributed by atoms with Gasteiger partial charge in [-0.15, -0.1) is 0 Å². The summed E-state index contributed by atoms with van der Waals surface area (Å²) in [6, 6.07) is 86.7. The third-order valence-corrected chi connectivity index (χ3v) is 14.3. The van der Waals surface area contributed by atoms with E-state index in [4.69, 9.17) is 9.47 Å². The average molecular weight is 1020 g/mol. The Morgan fingerprint density at radius 1 is 0.269 bits per heavy atom. The zero-order valence-electron chi connectivity index (χ0n) is 46.8. The van der Waals surface area contributed by atoms with Gasteiger partial charge in [0.15, 0.2) is 0 Å². The van der Waals surface area contributed by atoms with Crippen LogP contribution >= 0.6 is 0 Å². The number of anilines is 6. The van der Waals surface area contributed by atoms with Gasteiger partial charge in [0.1, 0.15) is 23.0 Å². The zero-order chi connectivity index (χ0) is 54.4. The molecule has 0 atom stereocenters. The molecule has 14 rings (SSSR count). The van der Waals surface area contributed by atoms with Gasteiger partial charge in [-0.2, -0.15) is 0 Å². The molecular weight excluding hydrogens is 949 g/mol. The van der Waals surface area contributed by atoms with Crippen molar-refractivity contribution < 1.29 is 9.47 Å². The van der Waals surface area contributed by atoms with E-state index in [2.05, 4.69) is 322 Å². The SMILES string of the molecule is CC(C)(C)C.CC(C)(C)C.Cc1ccc2c(c1)C1(c3ccccc3Oc3ccccc31)c1cc(C)ccc1N2c1ccccc1.c1ccc(N2c3ccccc3C3(c4ccccc4Oc4ccccc43)c3ccccc32)cc1. The molecule has 4 aliphatic rings. The maximum Gasteiger partial charge on any atom is 0.132 e. The Bertz CT molecular complexity index is 3570. The lowest BCUT2D eigenvalue weighted by Gasteiger charge is -2.48. The molecule has 0 unspecified atom stereocenters. The van der Waals surface area contributed by atoms with Crippen LogP contribution in [0.15, 0.2) is 243 Å². The molecule has 0 amide bonds. The molecule has 78 heavy (non-hydrogen) atoms. The van der Waals surface area contributed by atoms with E-state index in [1.165, 1.54) is 78.4 Å². The van der Waals surface area contributed by atoms with Gasteiger partial charge in [-0.05, 0) is 120 Å². The van der Waals surface area contributed by atoms with Gasteiger partial charge < -0.3 is 19.3 Å². The molecule has 4 aliphatic heterocycles. The molecule has 0 aromatic heterocycles. The number of benzene rings is 10. The van der Waals surface area contributed by atoms with Gasteiger partial charge in [0, 0.05) is 33.6 Å². The predicted octanol–water partition coefficient (Wildman–Crippen LogP) is 20.6. The van der Waals surface area contributed by atoms with Crippen LogP contribution in [0.5, 0.6) is 23.0 Å². The molecule has 4 heteroatoms. The normalized spacial score (nSPS) is 14.1. The first-order valence-corrected chi connectivity index (χ1v) is 27.4. The lowest BCUT2D eigenvalue weighted by molar-refractivity contribution is 0.433. The third-order valence-electron chi connectivity index (χ3n) is 14.3. The van der Waals surface area contributed by atoms with Crippen molar-refractivity contribution in [2.45, 2.75) is 80.1 Å². The van der Waals surface area contributed by atoms with Crippen LogP contribution in [0.2, 0.25) is 0 Å². The summed E-state index contributed by atoms with van der Waals surface area (Å²) in [5.74, 6) is 3.65. The number of rotatable bonds is 2. The van der Waals surface area contributed by atoms with Gasteiger partial charge in [-0.1, -0.05) is 236 Å². The molecule has 10 aromatic carbocycles. The van der Waals surface area contributed by atoms with Crippen molar-refractivity contribution in [1.29, 1.82) is 0 Å². The van der Waals surface area contributed by atoms with Crippen LogP contribution in [-0.4, -0.2) is 0 Å². The minimum Gasteiger partial charge on any atom is -0.457 e. The van der Waals surface area contributed by atoms with Crippen molar-refractivity contribution in [1.82, 2.24) is 0 Å². The van der Waals surface area contributed by atoms with Crippen LogP contribution in [-0.2, 0) is 10.8 Å². The maximum absolute atomic E-state index is 6.49. The van der Waals surface area contributed by atoms with Crippen molar-refractivity contribution in [2.24, 2.45) is 10.8 Å². The van der Waals surface area contributed by atoms with Crippen molar-refractivity contribution in [2.75, 3.05) is 9.80 Å². The van der Waals surface area contributed by atoms with E-state index in [1.54, 1.807) is 0 Å². The van der Waals surface area contributed by atoms with Crippen LogP contribution in [0.4, 0.5) is 34.1 Å². The van der Waals surface area contributed by atoms with Crippen molar-refractivity contribution in [3.8, 4) is 23.0 Å². The van der Waals surface area contributed by atoms with Crippen molar-refractivity contribution in [3.05, 3.63) is 298 Å². The molecule has 0 saturated carbocycles. The van der Waals surface area contributed by atoms with E-state index >= 15 is 0 Å². The lowest BCUT2D eigenvalue weighted by Crippen LogP contribution is -2.39. The Morgan fingerprint density at radius 2 is 0.513 bits per heavy atom. The molecule has 0 fully saturated rings. The summed E-state index contributed by atoms with van der Waals surface area (Å²) in [6.45, 7) is 21.9. The summed E-state index contributed by atoms with van der Waals surface area (Å²) in [4.78, 5) is 4.80. The minimum absolute atomic E-state index is 0.468. The fraction of sp³-hybridized carbons (Fsp3) is 0.189. The van der Waals surface area contributed by atoms with E-state index in [9.17, 15) is 0 Å². The van der Waals surface area contributed by atoms with E-state index in [0.717, 1.165) is 34.4 Å². The quantitative estimate of drug-likeness (QED) is 0.172. The molecule has 10 aromatic rings. The highest BCUT2D eigenvalue weighted by Crippen LogP contribution is 2.64. The Balaban J connectivity index is 0.000000142. The highest BCUT2D eigenvalue weighted by molar-refractivity contribution is 5.93. The number of para-hydroxylation sites is 8. The Labute approximate surface area is 463 Å². The van der Waals surface area contributed by atoms with Gasteiger partial charge in [-0.25, -0.2) is 0 Å². The molecule has 0 N–H and O–H groups in total. The maximum atomic E-state index is 6.49. The summed E-state index contributed by atoms with van der Waals surface area (Å²) in [5.41, 5.74) is 19.4. The predicted molar refractivity (Wildman–Crippen MR) is 326 cm³/mol. The molecule has 0 saturated heterocycles. The summed E-state index contributed by atoms with van der Waals surface area (Å²) >= 11 is 0. The first kappa shape index (κ1) is 51.5. The van der Waals surface area contributed by atoms with Gasteiger partial charge in [0.2, 0.25) is 0 Å². The number of hydrogen-bond acceptors (Lipinski definition) is 4. The van der Waals surface area contributed by atoms with Crippen LogP contribution in [0.1, 0.15) is 111 Å². The number of ether oxygens (including phenoxy) is 2. The summed E-state index contributed by atoms with van der Waals surface area (Å²) in [7, 11) is 0. The second-order valence-electron chi connectivity index (χ2n) is 24.1. The molecule has 2 spiro atoms. The molecular formula is C74H70N2O2. The molecule has 388 valence electrons. The highest BCUT2D eigenvalue weighted by Gasteiger charge is 2.53. The Kier molecular flexibility index (Phi) is 13.5. The summed E-state index contributed by atoms with van der Waals surface area (Å²) in [5, 5.41) is 0. The average Bonchev–Trinajstić information content (AvgIpc) is 3.61. The first-order chi connectivity index (χ1) is 37.6. The molecule has 0 bridgehead atoms. The lowest BCUT2D eigenvalue weighted by atomic mass is 9.61. The van der Waals surface area contributed by atoms with Crippen LogP contribution < -0.4 is 19.3 Å². The second-order valence-corrected chi connectivity index (χ2v) is 24.1. The van der Waals surface area contributed by atoms with Crippen LogP contribution in [0.25, 0.3) is 0 Å². The summed E-state index contributed by atoms with van der Waals surface area (Å²) in [6.07, 6.45) is 0. The molecule has 0 radical (unpaired) electrons. The summed E-state index contributed by atoms with van der Waals surface area (Å²) < 4.78 is 12.9. The standard InChI is InChI=1S/C33H25NO.C31H21NO.2C5H12/c1-22-16-18-29-27(20-22)33(25-12-6-8-14-31(25)35-32-15-9-7-13-26(32)33)28-21-23(2)17-19-30(28)34(29)24-10-4-3-5-11-24;1-2-12-22(13-3-1)32-27-18-8-4-14-23(27)31(24-15-5-9-19-28(24)32)25-16-6-10-20-29(25)33-30-21-11-7-17-26(30)31;2*1-5(2,3)4/h3-21H,1-2H3;1-21H;2*1-4H3. The number of aryl methyl sites for hydroxylation is 2. The Hall–Kier alpha value is -8.60. The number of hydrogen-bond donors (Lipinski definition) is 0. The molecule has 0 aliphatic carbocycles. The van der Waals surface area contributed by atoms with Gasteiger partial charge >= 0.3 is 0 Å². The first-order valence-electron chi connectivity index (χ1n) is 27.4. The van der Waals surface area contributed by atoms with Crippen molar-refractivity contribution in [3.63, 3.8) is 0 Å². The van der Waals surface area contributed by atoms with Crippen molar-refractivity contribution >= 4 is 34.1 Å². The fourth-order valence-corrected chi connectivity index (χ4v) is 11.7.